The Hall–Kier alpha value is -3.05. The maximum atomic E-state index is 12.4. The molecule has 0 aliphatic heterocycles. The quantitative estimate of drug-likeness (QED) is 0.507. The van der Waals surface area contributed by atoms with Crippen LogP contribution in [0.3, 0.4) is 0 Å². The van der Waals surface area contributed by atoms with Crippen molar-refractivity contribution < 1.29 is 25.2 Å². The van der Waals surface area contributed by atoms with Crippen molar-refractivity contribution in [3.63, 3.8) is 0 Å². The molecule has 2 aliphatic carbocycles. The first-order valence-corrected chi connectivity index (χ1v) is 8.04. The molecule has 124 valence electrons. The number of fused-ring (bicyclic) bond motifs is 5. The van der Waals surface area contributed by atoms with Crippen molar-refractivity contribution in [2.24, 2.45) is 0 Å². The molecule has 0 saturated heterocycles. The summed E-state index contributed by atoms with van der Waals surface area (Å²) >= 11 is 0. The first kappa shape index (κ1) is 14.3. The summed E-state index contributed by atoms with van der Waals surface area (Å²) in [7, 11) is 0. The van der Waals surface area contributed by atoms with Gasteiger partial charge in [-0.25, -0.2) is 0 Å². The van der Waals surface area contributed by atoms with Crippen molar-refractivity contribution >= 4 is 16.6 Å². The minimum Gasteiger partial charge on any atom is -0.507 e. The third kappa shape index (κ3) is 1.63. The molecule has 2 atom stereocenters. The van der Waals surface area contributed by atoms with E-state index in [1.807, 2.05) is 0 Å². The van der Waals surface area contributed by atoms with Gasteiger partial charge in [-0.15, -0.1) is 0 Å². The highest BCUT2D eigenvalue weighted by atomic mass is 16.3. The van der Waals surface area contributed by atoms with E-state index in [0.29, 0.717) is 21.9 Å². The Morgan fingerprint density at radius 2 is 1.68 bits per heavy atom. The van der Waals surface area contributed by atoms with Crippen LogP contribution in [0.4, 0.5) is 0 Å². The number of aliphatic hydroxyl groups is 1. The zero-order valence-corrected chi connectivity index (χ0v) is 13.0. The van der Waals surface area contributed by atoms with E-state index in [4.69, 9.17) is 0 Å². The van der Waals surface area contributed by atoms with Gasteiger partial charge in [-0.1, -0.05) is 18.2 Å². The standard InChI is InChI=1S/C20H14O5/c21-11-3-1-2-9-16-10(6-13(23)17(9)11)8-4-5-12(22)19-14(24)7-15(25)20(16)18(8)19/h1-6,15,20-23,25H,7H2. The van der Waals surface area contributed by atoms with Crippen LogP contribution in [0, 0.1) is 0 Å². The normalized spacial score (nSPS) is 20.6. The van der Waals surface area contributed by atoms with Gasteiger partial charge < -0.3 is 20.4 Å². The van der Waals surface area contributed by atoms with E-state index in [9.17, 15) is 25.2 Å². The van der Waals surface area contributed by atoms with Crippen LogP contribution in [0.2, 0.25) is 0 Å². The molecule has 5 rings (SSSR count). The summed E-state index contributed by atoms with van der Waals surface area (Å²) < 4.78 is 0. The summed E-state index contributed by atoms with van der Waals surface area (Å²) in [6.45, 7) is 0. The minimum atomic E-state index is -0.920. The van der Waals surface area contributed by atoms with Crippen LogP contribution < -0.4 is 0 Å². The molecule has 0 amide bonds. The molecule has 0 spiro atoms. The van der Waals surface area contributed by atoms with Crippen LogP contribution in [0.15, 0.2) is 36.4 Å². The summed E-state index contributed by atoms with van der Waals surface area (Å²) in [5.74, 6) is -0.965. The topological polar surface area (TPSA) is 98.0 Å². The lowest BCUT2D eigenvalue weighted by atomic mass is 9.78. The number of phenols is 3. The van der Waals surface area contributed by atoms with Gasteiger partial charge in [-0.2, -0.15) is 0 Å². The zero-order valence-electron chi connectivity index (χ0n) is 13.0. The molecule has 0 saturated carbocycles. The predicted molar refractivity (Wildman–Crippen MR) is 91.2 cm³/mol. The second-order valence-corrected chi connectivity index (χ2v) is 6.65. The fraction of sp³-hybridized carbons (Fsp3) is 0.150. The van der Waals surface area contributed by atoms with Gasteiger partial charge in [0.15, 0.2) is 5.78 Å². The first-order valence-electron chi connectivity index (χ1n) is 8.04. The van der Waals surface area contributed by atoms with Crippen molar-refractivity contribution in [1.29, 1.82) is 0 Å². The molecule has 0 radical (unpaired) electrons. The van der Waals surface area contributed by atoms with Crippen molar-refractivity contribution in [2.75, 3.05) is 0 Å². The molecule has 3 aromatic rings. The number of Topliss-reactive ketones (excluding diaryl/α,β-unsaturated/α-hetero) is 1. The fourth-order valence-electron chi connectivity index (χ4n) is 4.42. The summed E-state index contributed by atoms with van der Waals surface area (Å²) in [4.78, 5) is 12.4. The Labute approximate surface area is 142 Å². The monoisotopic (exact) mass is 334 g/mol. The van der Waals surface area contributed by atoms with E-state index < -0.39 is 12.0 Å². The van der Waals surface area contributed by atoms with E-state index >= 15 is 0 Å². The molecule has 3 aromatic carbocycles. The minimum absolute atomic E-state index is 0.0433. The van der Waals surface area contributed by atoms with Crippen molar-refractivity contribution in [3.05, 3.63) is 53.1 Å². The Kier molecular flexibility index (Phi) is 2.59. The summed E-state index contributed by atoms with van der Waals surface area (Å²) in [6.07, 6.45) is -0.994. The molecule has 0 bridgehead atoms. The van der Waals surface area contributed by atoms with E-state index in [-0.39, 0.29) is 35.0 Å². The number of carbonyl (C=O) groups is 1. The average Bonchev–Trinajstić information content (AvgIpc) is 2.88. The smallest absolute Gasteiger partial charge is 0.169 e. The summed E-state index contributed by atoms with van der Waals surface area (Å²) in [5.41, 5.74) is 3.06. The van der Waals surface area contributed by atoms with Gasteiger partial charge in [-0.05, 0) is 45.8 Å². The Bertz CT molecular complexity index is 1100. The SMILES string of the molecule is O=C1CC(O)C2c3c(ccc(O)c31)-c1cc(O)c3c(O)cccc3c12. The lowest BCUT2D eigenvalue weighted by Gasteiger charge is -2.28. The van der Waals surface area contributed by atoms with Gasteiger partial charge in [0, 0.05) is 12.3 Å². The maximum absolute atomic E-state index is 12.4. The number of aliphatic hydroxyl groups excluding tert-OH is 1. The Morgan fingerprint density at radius 3 is 2.48 bits per heavy atom. The van der Waals surface area contributed by atoms with Crippen LogP contribution in [0.25, 0.3) is 21.9 Å². The van der Waals surface area contributed by atoms with Gasteiger partial charge in [0.25, 0.3) is 0 Å². The Morgan fingerprint density at radius 1 is 0.880 bits per heavy atom. The molecule has 25 heavy (non-hydrogen) atoms. The highest BCUT2D eigenvalue weighted by Gasteiger charge is 2.44. The van der Waals surface area contributed by atoms with Crippen molar-refractivity contribution in [2.45, 2.75) is 18.4 Å². The molecule has 4 N–H and O–H groups in total. The molecule has 0 heterocycles. The van der Waals surface area contributed by atoms with Crippen LogP contribution in [0.1, 0.15) is 33.8 Å². The van der Waals surface area contributed by atoms with E-state index in [0.717, 1.165) is 11.1 Å². The molecule has 0 aromatic heterocycles. The number of phenolic OH excluding ortho intramolecular Hbond substituents is 3. The van der Waals surface area contributed by atoms with Crippen LogP contribution in [-0.2, 0) is 0 Å². The maximum Gasteiger partial charge on any atom is 0.169 e. The molecule has 5 nitrogen and oxygen atoms in total. The van der Waals surface area contributed by atoms with E-state index in [2.05, 4.69) is 0 Å². The summed E-state index contributed by atoms with van der Waals surface area (Å²) in [5, 5.41) is 42.3. The second kappa shape index (κ2) is 4.52. The molecular formula is C20H14O5. The van der Waals surface area contributed by atoms with Crippen LogP contribution in [0.5, 0.6) is 17.2 Å². The molecule has 2 aliphatic rings. The lowest BCUT2D eigenvalue weighted by molar-refractivity contribution is 0.0821. The molecule has 0 fully saturated rings. The number of aromatic hydroxyl groups is 3. The first-order chi connectivity index (χ1) is 12.0. The van der Waals surface area contributed by atoms with Gasteiger partial charge >= 0.3 is 0 Å². The number of benzene rings is 3. The van der Waals surface area contributed by atoms with Gasteiger partial charge in [-0.3, -0.25) is 4.79 Å². The van der Waals surface area contributed by atoms with E-state index in [1.165, 1.54) is 12.1 Å². The van der Waals surface area contributed by atoms with E-state index in [1.54, 1.807) is 24.3 Å². The Balaban J connectivity index is 1.98. The number of carbonyl (C=O) groups excluding carboxylic acids is 1. The second-order valence-electron chi connectivity index (χ2n) is 6.65. The van der Waals surface area contributed by atoms with Crippen LogP contribution >= 0.6 is 0 Å². The van der Waals surface area contributed by atoms with Gasteiger partial charge in [0.2, 0.25) is 0 Å². The van der Waals surface area contributed by atoms with Crippen LogP contribution in [-0.4, -0.2) is 32.3 Å². The highest BCUT2D eigenvalue weighted by Crippen LogP contribution is 2.56. The highest BCUT2D eigenvalue weighted by molar-refractivity contribution is 6.09. The predicted octanol–water partition coefficient (Wildman–Crippen LogP) is 3.02. The third-order valence-corrected chi connectivity index (χ3v) is 5.35. The number of ketones is 1. The average molecular weight is 334 g/mol. The number of hydrogen-bond acceptors (Lipinski definition) is 5. The van der Waals surface area contributed by atoms with Crippen molar-refractivity contribution in [1.82, 2.24) is 0 Å². The largest absolute Gasteiger partial charge is 0.507 e. The number of hydrogen-bond donors (Lipinski definition) is 4. The molecule has 5 heteroatoms. The molecular weight excluding hydrogens is 320 g/mol. The fourth-order valence-corrected chi connectivity index (χ4v) is 4.42. The van der Waals surface area contributed by atoms with Crippen molar-refractivity contribution in [3.8, 4) is 28.4 Å². The third-order valence-electron chi connectivity index (χ3n) is 5.35. The zero-order chi connectivity index (χ0) is 17.5. The van der Waals surface area contributed by atoms with Gasteiger partial charge in [0.1, 0.15) is 17.2 Å². The lowest BCUT2D eigenvalue weighted by Crippen LogP contribution is -2.28. The molecule has 2 unspecified atom stereocenters. The number of rotatable bonds is 0. The van der Waals surface area contributed by atoms with Gasteiger partial charge in [0.05, 0.1) is 17.1 Å². The summed E-state index contributed by atoms with van der Waals surface area (Å²) in [6, 6.07) is 9.68.